The SMILES string of the molecule is CCCNC(C#N)(CSc1ccc(Br)cn1)C1CC1. The molecule has 1 aliphatic rings. The van der Waals surface area contributed by atoms with E-state index >= 15 is 0 Å². The van der Waals surface area contributed by atoms with Gasteiger partial charge in [0.15, 0.2) is 0 Å². The van der Waals surface area contributed by atoms with E-state index in [1.54, 1.807) is 18.0 Å². The Morgan fingerprint density at radius 2 is 2.37 bits per heavy atom. The Balaban J connectivity index is 2.00. The number of nitriles is 1. The van der Waals surface area contributed by atoms with E-state index in [9.17, 15) is 5.26 Å². The minimum Gasteiger partial charge on any atom is -0.298 e. The smallest absolute Gasteiger partial charge is 0.119 e. The Bertz CT molecular complexity index is 453. The average molecular weight is 340 g/mol. The molecule has 1 atom stereocenters. The molecule has 0 aromatic carbocycles. The Morgan fingerprint density at radius 3 is 2.89 bits per heavy atom. The average Bonchev–Trinajstić information content (AvgIpc) is 3.26. The fourth-order valence-corrected chi connectivity index (χ4v) is 3.34. The predicted molar refractivity (Wildman–Crippen MR) is 82.0 cm³/mol. The number of pyridine rings is 1. The molecule has 5 heteroatoms. The molecule has 1 aromatic heterocycles. The predicted octanol–water partition coefficient (Wildman–Crippen LogP) is 3.61. The van der Waals surface area contributed by atoms with Gasteiger partial charge in [-0.3, -0.25) is 5.32 Å². The van der Waals surface area contributed by atoms with Crippen molar-refractivity contribution in [2.45, 2.75) is 36.8 Å². The molecule has 0 aliphatic heterocycles. The van der Waals surface area contributed by atoms with Crippen molar-refractivity contribution in [2.24, 2.45) is 5.92 Å². The zero-order chi connectivity index (χ0) is 13.7. The number of rotatable bonds is 7. The lowest BCUT2D eigenvalue weighted by Crippen LogP contribution is -2.48. The minimum atomic E-state index is -0.380. The lowest BCUT2D eigenvalue weighted by atomic mass is 9.97. The summed E-state index contributed by atoms with van der Waals surface area (Å²) in [4.78, 5) is 4.35. The molecular weight excluding hydrogens is 322 g/mol. The third kappa shape index (κ3) is 3.95. The van der Waals surface area contributed by atoms with Crippen LogP contribution in [0.15, 0.2) is 27.8 Å². The highest BCUT2D eigenvalue weighted by molar-refractivity contribution is 9.10. The van der Waals surface area contributed by atoms with Gasteiger partial charge in [0.2, 0.25) is 0 Å². The summed E-state index contributed by atoms with van der Waals surface area (Å²) >= 11 is 5.04. The second kappa shape index (κ2) is 6.74. The van der Waals surface area contributed by atoms with Gasteiger partial charge in [-0.2, -0.15) is 5.26 Å². The Hall–Kier alpha value is -0.570. The maximum atomic E-state index is 9.58. The first-order chi connectivity index (χ1) is 9.20. The largest absolute Gasteiger partial charge is 0.298 e. The van der Waals surface area contributed by atoms with Gasteiger partial charge in [-0.1, -0.05) is 6.92 Å². The topological polar surface area (TPSA) is 48.7 Å². The van der Waals surface area contributed by atoms with Crippen molar-refractivity contribution in [1.29, 1.82) is 5.26 Å². The van der Waals surface area contributed by atoms with Crippen molar-refractivity contribution in [3.8, 4) is 6.07 Å². The number of hydrogen-bond donors (Lipinski definition) is 1. The second-order valence-electron chi connectivity index (χ2n) is 4.89. The van der Waals surface area contributed by atoms with Crippen LogP contribution in [0.5, 0.6) is 0 Å². The number of thioether (sulfide) groups is 1. The summed E-state index contributed by atoms with van der Waals surface area (Å²) in [7, 11) is 0. The van der Waals surface area contributed by atoms with E-state index in [-0.39, 0.29) is 5.54 Å². The van der Waals surface area contributed by atoms with Gasteiger partial charge in [0.05, 0.1) is 11.1 Å². The van der Waals surface area contributed by atoms with Gasteiger partial charge in [-0.15, -0.1) is 11.8 Å². The van der Waals surface area contributed by atoms with Crippen LogP contribution in [0.1, 0.15) is 26.2 Å². The maximum Gasteiger partial charge on any atom is 0.119 e. The van der Waals surface area contributed by atoms with Crippen molar-refractivity contribution in [3.05, 3.63) is 22.8 Å². The van der Waals surface area contributed by atoms with Gasteiger partial charge in [0, 0.05) is 16.4 Å². The molecule has 0 saturated heterocycles. The summed E-state index contributed by atoms with van der Waals surface area (Å²) in [5.41, 5.74) is -0.380. The highest BCUT2D eigenvalue weighted by atomic mass is 79.9. The van der Waals surface area contributed by atoms with Crippen LogP contribution < -0.4 is 5.32 Å². The van der Waals surface area contributed by atoms with Crippen molar-refractivity contribution in [1.82, 2.24) is 10.3 Å². The standard InChI is InChI=1S/C14H18BrN3S/c1-2-7-18-14(9-16,11-3-4-11)10-19-13-6-5-12(15)8-17-13/h5-6,8,11,18H,2-4,7,10H2,1H3. The van der Waals surface area contributed by atoms with E-state index in [4.69, 9.17) is 0 Å². The Labute approximate surface area is 127 Å². The molecule has 0 amide bonds. The summed E-state index contributed by atoms with van der Waals surface area (Å²) < 4.78 is 0.981. The van der Waals surface area contributed by atoms with Crippen LogP contribution >= 0.6 is 27.7 Å². The fourth-order valence-electron chi connectivity index (χ4n) is 2.04. The highest BCUT2D eigenvalue weighted by Crippen LogP contribution is 2.42. The zero-order valence-electron chi connectivity index (χ0n) is 11.0. The lowest BCUT2D eigenvalue weighted by Gasteiger charge is -2.27. The van der Waals surface area contributed by atoms with Crippen molar-refractivity contribution in [2.75, 3.05) is 12.3 Å². The second-order valence-corrected chi connectivity index (χ2v) is 6.80. The third-order valence-corrected chi connectivity index (χ3v) is 4.92. The summed E-state index contributed by atoms with van der Waals surface area (Å²) in [5, 5.41) is 14.0. The van der Waals surface area contributed by atoms with E-state index in [1.165, 1.54) is 12.8 Å². The number of nitrogens with one attached hydrogen (secondary N) is 1. The van der Waals surface area contributed by atoms with Crippen molar-refractivity contribution >= 4 is 27.7 Å². The van der Waals surface area contributed by atoms with Gasteiger partial charge in [0.25, 0.3) is 0 Å². The van der Waals surface area contributed by atoms with Crippen LogP contribution in [0.25, 0.3) is 0 Å². The number of aromatic nitrogens is 1. The van der Waals surface area contributed by atoms with E-state index in [0.29, 0.717) is 5.92 Å². The Kier molecular flexibility index (Phi) is 5.26. The molecule has 1 heterocycles. The first kappa shape index (κ1) is 14.8. The molecule has 1 N–H and O–H groups in total. The lowest BCUT2D eigenvalue weighted by molar-refractivity contribution is 0.405. The highest BCUT2D eigenvalue weighted by Gasteiger charge is 2.45. The van der Waals surface area contributed by atoms with Crippen LogP contribution in [0.4, 0.5) is 0 Å². The van der Waals surface area contributed by atoms with Crippen molar-refractivity contribution in [3.63, 3.8) is 0 Å². The fraction of sp³-hybridized carbons (Fsp3) is 0.571. The maximum absolute atomic E-state index is 9.58. The monoisotopic (exact) mass is 339 g/mol. The first-order valence-corrected chi connectivity index (χ1v) is 8.38. The van der Waals surface area contributed by atoms with Gasteiger partial charge in [-0.25, -0.2) is 4.98 Å². The van der Waals surface area contributed by atoms with E-state index in [0.717, 1.165) is 28.2 Å². The van der Waals surface area contributed by atoms with E-state index in [2.05, 4.69) is 39.2 Å². The van der Waals surface area contributed by atoms with Crippen LogP contribution in [0, 0.1) is 17.2 Å². The van der Waals surface area contributed by atoms with Gasteiger partial charge >= 0.3 is 0 Å². The van der Waals surface area contributed by atoms with Crippen LogP contribution in [0.2, 0.25) is 0 Å². The summed E-state index contributed by atoms with van der Waals surface area (Å²) in [6, 6.07) is 6.50. The molecule has 2 rings (SSSR count). The number of hydrogen-bond acceptors (Lipinski definition) is 4. The van der Waals surface area contributed by atoms with Crippen LogP contribution in [-0.4, -0.2) is 22.8 Å². The molecule has 0 radical (unpaired) electrons. The molecule has 1 aromatic rings. The molecule has 102 valence electrons. The zero-order valence-corrected chi connectivity index (χ0v) is 13.4. The molecule has 0 bridgehead atoms. The molecule has 0 spiro atoms. The molecule has 3 nitrogen and oxygen atoms in total. The van der Waals surface area contributed by atoms with Crippen LogP contribution in [0.3, 0.4) is 0 Å². The normalized spacial score (nSPS) is 17.7. The van der Waals surface area contributed by atoms with E-state index in [1.807, 2.05) is 12.1 Å². The molecule has 19 heavy (non-hydrogen) atoms. The third-order valence-electron chi connectivity index (χ3n) is 3.31. The summed E-state index contributed by atoms with van der Waals surface area (Å²) in [6.45, 7) is 3.03. The van der Waals surface area contributed by atoms with Gasteiger partial charge in [0.1, 0.15) is 5.54 Å². The quantitative estimate of drug-likeness (QED) is 0.771. The van der Waals surface area contributed by atoms with Gasteiger partial charge < -0.3 is 0 Å². The van der Waals surface area contributed by atoms with Gasteiger partial charge in [-0.05, 0) is 59.8 Å². The molecular formula is C14H18BrN3S. The van der Waals surface area contributed by atoms with E-state index < -0.39 is 0 Å². The summed E-state index contributed by atoms with van der Waals surface area (Å²) in [5.74, 6) is 1.27. The Morgan fingerprint density at radius 1 is 1.58 bits per heavy atom. The molecule has 1 unspecified atom stereocenters. The van der Waals surface area contributed by atoms with Crippen LogP contribution in [-0.2, 0) is 0 Å². The number of nitrogens with zero attached hydrogens (tertiary/aromatic N) is 2. The first-order valence-electron chi connectivity index (χ1n) is 6.61. The minimum absolute atomic E-state index is 0.380. The molecule has 1 fully saturated rings. The molecule has 1 aliphatic carbocycles. The summed E-state index contributed by atoms with van der Waals surface area (Å²) in [6.07, 6.45) is 5.18. The van der Waals surface area contributed by atoms with Crippen molar-refractivity contribution < 1.29 is 0 Å². The number of halogens is 1. The molecule has 1 saturated carbocycles.